The van der Waals surface area contributed by atoms with Crippen LogP contribution in [0.1, 0.15) is 59.5 Å². The number of amides is 1. The molecular formula is C28H33N3O6S. The second-order valence-electron chi connectivity index (χ2n) is 10.3. The summed E-state index contributed by atoms with van der Waals surface area (Å²) in [5.41, 5.74) is 5.82. The number of carbonyl (C=O) groups is 2. The number of carbonyl (C=O) groups excluding carboxylic acids is 1. The lowest BCUT2D eigenvalue weighted by Gasteiger charge is -2.28. The number of rotatable bonds is 6. The Morgan fingerprint density at radius 2 is 1.84 bits per heavy atom. The third kappa shape index (κ3) is 5.15. The molecule has 0 spiro atoms. The maximum Gasteiger partial charge on any atom is 0.320 e. The van der Waals surface area contributed by atoms with E-state index < -0.39 is 27.7 Å². The molecule has 2 heterocycles. The van der Waals surface area contributed by atoms with E-state index in [1.165, 1.54) is 30.4 Å². The fourth-order valence-electron chi connectivity index (χ4n) is 5.94. The van der Waals surface area contributed by atoms with Gasteiger partial charge in [0.25, 0.3) is 5.91 Å². The van der Waals surface area contributed by atoms with Crippen molar-refractivity contribution >= 4 is 32.8 Å². The quantitative estimate of drug-likeness (QED) is 0.487. The number of hydrogen-bond acceptors (Lipinski definition) is 6. The van der Waals surface area contributed by atoms with Gasteiger partial charge in [0.2, 0.25) is 10.0 Å². The number of carboxylic acid groups (broad SMARTS) is 1. The summed E-state index contributed by atoms with van der Waals surface area (Å²) in [7, 11) is -0.553. The van der Waals surface area contributed by atoms with Gasteiger partial charge >= 0.3 is 5.97 Å². The first-order chi connectivity index (χ1) is 18.2. The fraction of sp³-hybridized carbons (Fsp3) is 0.429. The third-order valence-electron chi connectivity index (χ3n) is 7.65. The van der Waals surface area contributed by atoms with Crippen LogP contribution in [0.3, 0.4) is 0 Å². The van der Waals surface area contributed by atoms with Gasteiger partial charge < -0.3 is 19.3 Å². The Balaban J connectivity index is 1.70. The third-order valence-corrected chi connectivity index (χ3v) is 8.78. The van der Waals surface area contributed by atoms with Crippen molar-refractivity contribution in [3.8, 4) is 17.0 Å². The normalized spacial score (nSPS) is 16.8. The zero-order valence-electron chi connectivity index (χ0n) is 21.7. The molecule has 1 aliphatic heterocycles. The molecule has 2 aromatic carbocycles. The van der Waals surface area contributed by atoms with Gasteiger partial charge in [-0.3, -0.25) is 9.59 Å². The van der Waals surface area contributed by atoms with Crippen LogP contribution in [0.15, 0.2) is 36.4 Å². The maximum atomic E-state index is 12.9. The van der Waals surface area contributed by atoms with Crippen LogP contribution < -0.4 is 9.46 Å². The van der Waals surface area contributed by atoms with E-state index in [1.807, 2.05) is 16.9 Å². The molecule has 0 radical (unpaired) electrons. The number of fused-ring (bicyclic) bond motifs is 5. The summed E-state index contributed by atoms with van der Waals surface area (Å²) in [5, 5.41) is 9.94. The average molecular weight is 540 g/mol. The van der Waals surface area contributed by atoms with E-state index in [0.29, 0.717) is 12.5 Å². The van der Waals surface area contributed by atoms with Crippen molar-refractivity contribution in [2.45, 2.75) is 51.1 Å². The van der Waals surface area contributed by atoms with E-state index >= 15 is 0 Å². The molecular weight excluding hydrogens is 506 g/mol. The number of sulfonamides is 1. The Hall–Kier alpha value is -3.37. The molecule has 1 aromatic heterocycles. The van der Waals surface area contributed by atoms with E-state index in [9.17, 15) is 18.0 Å². The first-order valence-electron chi connectivity index (χ1n) is 13.0. The molecule has 1 amide bonds. The molecule has 0 saturated heterocycles. The number of nitrogens with one attached hydrogen (secondary N) is 1. The first kappa shape index (κ1) is 26.2. The number of methoxy groups -OCH3 is 1. The molecule has 2 aliphatic rings. The molecule has 3 aromatic rings. The summed E-state index contributed by atoms with van der Waals surface area (Å²) < 4.78 is 33.9. The van der Waals surface area contributed by atoms with Crippen LogP contribution in [-0.2, 0) is 27.9 Å². The van der Waals surface area contributed by atoms with E-state index in [-0.39, 0.29) is 5.56 Å². The number of hydrogen-bond donors (Lipinski definition) is 2. The lowest BCUT2D eigenvalue weighted by molar-refractivity contribution is -0.134. The first-order valence-corrected chi connectivity index (χ1v) is 14.6. The monoisotopic (exact) mass is 539 g/mol. The minimum absolute atomic E-state index is 0.173. The lowest BCUT2D eigenvalue weighted by Crippen LogP contribution is -2.34. The Morgan fingerprint density at radius 3 is 2.55 bits per heavy atom. The van der Waals surface area contributed by atoms with Gasteiger partial charge in [0.1, 0.15) is 5.75 Å². The SMILES string of the molecule is COc1ccc2c(c1)CN(C)CCn1c-2c(C2CCCCC2)c2ccc(C(=O)NS(=O)(=O)CC(=O)O)cc21. The highest BCUT2D eigenvalue weighted by atomic mass is 32.2. The molecule has 1 aliphatic carbocycles. The molecule has 2 N–H and O–H groups in total. The molecule has 0 unspecified atom stereocenters. The van der Waals surface area contributed by atoms with Crippen molar-refractivity contribution in [3.63, 3.8) is 0 Å². The highest BCUT2D eigenvalue weighted by Gasteiger charge is 2.30. The van der Waals surface area contributed by atoms with Gasteiger partial charge in [0.05, 0.1) is 12.8 Å². The number of ether oxygens (including phenoxy) is 1. The number of likely N-dealkylation sites (N-methyl/N-ethyl adjacent to an activating group) is 1. The van der Waals surface area contributed by atoms with Gasteiger partial charge in [-0.25, -0.2) is 13.1 Å². The molecule has 0 atom stereocenters. The van der Waals surface area contributed by atoms with Crippen LogP contribution in [0, 0.1) is 0 Å². The highest BCUT2D eigenvalue weighted by Crippen LogP contribution is 2.46. The largest absolute Gasteiger partial charge is 0.497 e. The van der Waals surface area contributed by atoms with Crippen molar-refractivity contribution in [2.24, 2.45) is 0 Å². The van der Waals surface area contributed by atoms with Gasteiger partial charge in [-0.05, 0) is 67.3 Å². The number of nitrogens with zero attached hydrogens (tertiary/aromatic N) is 2. The second kappa shape index (κ2) is 10.4. The van der Waals surface area contributed by atoms with Crippen LogP contribution in [0.4, 0.5) is 0 Å². The topological polar surface area (TPSA) is 118 Å². The van der Waals surface area contributed by atoms with E-state index in [2.05, 4.69) is 28.6 Å². The van der Waals surface area contributed by atoms with Gasteiger partial charge in [-0.1, -0.05) is 25.3 Å². The van der Waals surface area contributed by atoms with Crippen LogP contribution in [0.25, 0.3) is 22.2 Å². The Labute approximate surface area is 222 Å². The number of aliphatic carboxylic acids is 1. The Bertz CT molecular complexity index is 1500. The lowest BCUT2D eigenvalue weighted by atomic mass is 9.81. The standard InChI is InChI=1S/C28H33N3O6S/c1-30-12-13-31-24-15-19(28(34)29-38(35,36)17-25(32)33)8-10-23(24)26(18-6-4-3-5-7-18)27(31)22-11-9-21(37-2)14-20(22)16-30/h8-11,14-15,18H,3-7,12-13,16-17H2,1-2H3,(H,29,34)(H,32,33). The predicted octanol–water partition coefficient (Wildman–Crippen LogP) is 3.95. The molecule has 5 rings (SSSR count). The van der Waals surface area contributed by atoms with E-state index in [1.54, 1.807) is 19.2 Å². The van der Waals surface area contributed by atoms with Crippen molar-refractivity contribution in [3.05, 3.63) is 53.1 Å². The zero-order chi connectivity index (χ0) is 27.0. The van der Waals surface area contributed by atoms with Gasteiger partial charge in [0.15, 0.2) is 5.75 Å². The van der Waals surface area contributed by atoms with Gasteiger partial charge in [0, 0.05) is 41.7 Å². The molecule has 0 bridgehead atoms. The van der Waals surface area contributed by atoms with Crippen LogP contribution in [0.5, 0.6) is 5.75 Å². The maximum absolute atomic E-state index is 12.9. The van der Waals surface area contributed by atoms with Gasteiger partial charge in [-0.2, -0.15) is 0 Å². The van der Waals surface area contributed by atoms with Gasteiger partial charge in [-0.15, -0.1) is 0 Å². The highest BCUT2D eigenvalue weighted by molar-refractivity contribution is 7.90. The zero-order valence-corrected chi connectivity index (χ0v) is 22.5. The fourth-order valence-corrected chi connectivity index (χ4v) is 6.74. The summed E-state index contributed by atoms with van der Waals surface area (Å²) in [5.74, 6) is -2.33. The van der Waals surface area contributed by atoms with Crippen molar-refractivity contribution in [2.75, 3.05) is 26.5 Å². The second-order valence-corrected chi connectivity index (χ2v) is 12.0. The van der Waals surface area contributed by atoms with E-state index in [4.69, 9.17) is 9.84 Å². The molecule has 1 saturated carbocycles. The van der Waals surface area contributed by atoms with E-state index in [0.717, 1.165) is 53.8 Å². The van der Waals surface area contributed by atoms with Crippen LogP contribution >= 0.6 is 0 Å². The smallest absolute Gasteiger partial charge is 0.320 e. The molecule has 38 heavy (non-hydrogen) atoms. The summed E-state index contributed by atoms with van der Waals surface area (Å²) in [4.78, 5) is 26.0. The Morgan fingerprint density at radius 1 is 1.08 bits per heavy atom. The summed E-state index contributed by atoms with van der Waals surface area (Å²) in [6.45, 7) is 2.29. The predicted molar refractivity (Wildman–Crippen MR) is 145 cm³/mol. The summed E-state index contributed by atoms with van der Waals surface area (Å²) in [6, 6.07) is 11.5. The number of carboxylic acids is 1. The summed E-state index contributed by atoms with van der Waals surface area (Å²) in [6.07, 6.45) is 5.80. The molecule has 202 valence electrons. The van der Waals surface area contributed by atoms with Crippen LogP contribution in [-0.4, -0.2) is 61.3 Å². The molecule has 10 heteroatoms. The van der Waals surface area contributed by atoms with Crippen LogP contribution in [0.2, 0.25) is 0 Å². The molecule has 9 nitrogen and oxygen atoms in total. The average Bonchev–Trinajstić information content (AvgIpc) is 3.18. The van der Waals surface area contributed by atoms with Crippen molar-refractivity contribution in [1.82, 2.24) is 14.2 Å². The Kier molecular flexibility index (Phi) is 7.19. The minimum atomic E-state index is -4.30. The summed E-state index contributed by atoms with van der Waals surface area (Å²) >= 11 is 0. The van der Waals surface area contributed by atoms with Crippen molar-refractivity contribution in [1.29, 1.82) is 0 Å². The number of aromatic nitrogens is 1. The molecule has 1 fully saturated rings. The number of benzene rings is 2. The van der Waals surface area contributed by atoms with Crippen molar-refractivity contribution < 1.29 is 27.9 Å². The minimum Gasteiger partial charge on any atom is -0.497 e.